The minimum absolute atomic E-state index is 0.111. The fourth-order valence-corrected chi connectivity index (χ4v) is 1.98. The van der Waals surface area contributed by atoms with Crippen LogP contribution in [-0.4, -0.2) is 89.3 Å². The summed E-state index contributed by atoms with van der Waals surface area (Å²) in [4.78, 5) is 70.0. The molecule has 38 heavy (non-hydrogen) atoms. The molecule has 0 saturated carbocycles. The highest BCUT2D eigenvalue weighted by Gasteiger charge is 2.46. The molecule has 0 aliphatic heterocycles. The Labute approximate surface area is 215 Å². The summed E-state index contributed by atoms with van der Waals surface area (Å²) in [7, 11) is 0. The van der Waals surface area contributed by atoms with Gasteiger partial charge in [-0.05, 0) is 34.6 Å². The van der Waals surface area contributed by atoms with E-state index in [1.807, 2.05) is 5.32 Å². The zero-order valence-corrected chi connectivity index (χ0v) is 21.8. The van der Waals surface area contributed by atoms with Crippen LogP contribution in [0.3, 0.4) is 0 Å². The Morgan fingerprint density at radius 1 is 0.868 bits per heavy atom. The van der Waals surface area contributed by atoms with Crippen LogP contribution in [0.4, 0.5) is 22.4 Å². The first-order valence-corrected chi connectivity index (χ1v) is 10.8. The molecule has 1 atom stereocenters. The van der Waals surface area contributed by atoms with E-state index in [0.29, 0.717) is 13.8 Å². The summed E-state index contributed by atoms with van der Waals surface area (Å²) in [6.45, 7) is 7.28. The van der Waals surface area contributed by atoms with Crippen LogP contribution >= 0.6 is 0 Å². The minimum atomic E-state index is -3.84. The minimum Gasteiger partial charge on any atom is -0.464 e. The van der Waals surface area contributed by atoms with Gasteiger partial charge in [0.2, 0.25) is 11.7 Å². The number of carbonyl (C=O) groups is 6. The molecule has 0 spiro atoms. The van der Waals surface area contributed by atoms with Gasteiger partial charge in [-0.15, -0.1) is 0 Å². The van der Waals surface area contributed by atoms with Crippen molar-refractivity contribution in [2.24, 2.45) is 0 Å². The van der Waals surface area contributed by atoms with E-state index in [1.54, 1.807) is 20.8 Å². The van der Waals surface area contributed by atoms with Crippen molar-refractivity contribution in [3.63, 3.8) is 0 Å². The van der Waals surface area contributed by atoms with Crippen LogP contribution in [0.25, 0.3) is 5.53 Å². The van der Waals surface area contributed by atoms with Gasteiger partial charge in [0.15, 0.2) is 6.04 Å². The number of carbonyl (C=O) groups excluding carboxylic acids is 6. The molecule has 216 valence electrons. The van der Waals surface area contributed by atoms with Crippen LogP contribution < -0.4 is 10.6 Å². The second-order valence-electron chi connectivity index (χ2n) is 8.25. The van der Waals surface area contributed by atoms with Crippen molar-refractivity contribution in [3.05, 3.63) is 5.53 Å². The molecule has 17 heteroatoms. The third-order valence-corrected chi connectivity index (χ3v) is 3.50. The van der Waals surface area contributed by atoms with Gasteiger partial charge in [-0.2, -0.15) is 22.4 Å². The first kappa shape index (κ1) is 36.3. The Kier molecular flexibility index (Phi) is 14.7. The van der Waals surface area contributed by atoms with E-state index in [9.17, 15) is 46.3 Å². The van der Waals surface area contributed by atoms with Gasteiger partial charge in [-0.3, -0.25) is 14.4 Å². The van der Waals surface area contributed by atoms with Crippen molar-refractivity contribution in [3.8, 4) is 0 Å². The van der Waals surface area contributed by atoms with Crippen LogP contribution in [0.2, 0.25) is 0 Å². The van der Waals surface area contributed by atoms with Gasteiger partial charge >= 0.3 is 41.4 Å². The molecule has 2 N–H and O–H groups in total. The molecule has 0 saturated heterocycles. The van der Waals surface area contributed by atoms with E-state index in [-0.39, 0.29) is 13.2 Å². The number of hydrogen-bond acceptors (Lipinski definition) is 9. The molecule has 13 nitrogen and oxygen atoms in total. The molecular formula is C21H30F4N4O9. The molecule has 0 heterocycles. The average molecular weight is 558 g/mol. The maximum absolute atomic E-state index is 13.1. The maximum Gasteiger partial charge on any atom is 0.447 e. The lowest BCUT2D eigenvalue weighted by Gasteiger charge is -2.21. The first-order valence-electron chi connectivity index (χ1n) is 10.8. The Bertz CT molecular complexity index is 948. The van der Waals surface area contributed by atoms with Crippen molar-refractivity contribution < 1.29 is 65.3 Å². The number of Topliss-reactive ketones (excluding diaryl/α,β-unsaturated/α-hetero) is 2. The summed E-state index contributed by atoms with van der Waals surface area (Å²) in [5.74, 6) is -15.0. The molecule has 0 bridgehead atoms. The summed E-state index contributed by atoms with van der Waals surface area (Å²) in [5, 5.41) is 3.88. The van der Waals surface area contributed by atoms with Crippen molar-refractivity contribution in [2.75, 3.05) is 19.8 Å². The number of ether oxygens (including phenoxy) is 3. The molecule has 0 fully saturated rings. The Balaban J connectivity index is 0. The molecule has 0 aromatic heterocycles. The van der Waals surface area contributed by atoms with Crippen molar-refractivity contribution in [2.45, 2.75) is 72.0 Å². The van der Waals surface area contributed by atoms with Gasteiger partial charge in [0, 0.05) is 13.8 Å². The SMILES string of the molecule is CCOC(=O)C(=[N+]=[N-])C(=O)C(C)(F)F.CCOC(=O)C(NC(=O)CNC(=O)OC(C)(C)C)C(=O)C(C)(F)F. The van der Waals surface area contributed by atoms with Crippen LogP contribution in [0, 0.1) is 0 Å². The summed E-state index contributed by atoms with van der Waals surface area (Å²) in [6.07, 6.45) is -0.919. The van der Waals surface area contributed by atoms with Crippen LogP contribution in [0.1, 0.15) is 48.5 Å². The fourth-order valence-electron chi connectivity index (χ4n) is 1.98. The van der Waals surface area contributed by atoms with E-state index in [0.717, 1.165) is 0 Å². The topological polar surface area (TPSA) is 191 Å². The number of rotatable bonds is 11. The lowest BCUT2D eigenvalue weighted by molar-refractivity contribution is -0.158. The van der Waals surface area contributed by atoms with Gasteiger partial charge in [0.25, 0.3) is 0 Å². The molecule has 0 aliphatic rings. The molecule has 0 aromatic rings. The molecule has 1 unspecified atom stereocenters. The lowest BCUT2D eigenvalue weighted by Crippen LogP contribution is -2.54. The summed E-state index contributed by atoms with van der Waals surface area (Å²) < 4.78 is 64.6. The zero-order valence-electron chi connectivity index (χ0n) is 21.8. The predicted molar refractivity (Wildman–Crippen MR) is 119 cm³/mol. The second kappa shape index (κ2) is 15.4. The monoisotopic (exact) mass is 558 g/mol. The fraction of sp³-hybridized carbons (Fsp3) is 0.667. The third kappa shape index (κ3) is 14.6. The molecule has 2 amide bonds. The number of hydrogen-bond donors (Lipinski definition) is 2. The van der Waals surface area contributed by atoms with E-state index in [4.69, 9.17) is 10.3 Å². The number of alkyl halides is 4. The van der Waals surface area contributed by atoms with Crippen molar-refractivity contribution in [1.29, 1.82) is 0 Å². The van der Waals surface area contributed by atoms with Crippen LogP contribution in [0.15, 0.2) is 0 Å². The molecule has 0 radical (unpaired) electrons. The maximum atomic E-state index is 13.1. The number of alkyl carbamates (subject to hydrolysis) is 1. The van der Waals surface area contributed by atoms with E-state index in [2.05, 4.69) is 19.6 Å². The largest absolute Gasteiger partial charge is 0.464 e. The third-order valence-electron chi connectivity index (χ3n) is 3.50. The van der Waals surface area contributed by atoms with Crippen molar-refractivity contribution >= 4 is 41.2 Å². The number of nitrogens with zero attached hydrogens (tertiary/aromatic N) is 2. The highest BCUT2D eigenvalue weighted by atomic mass is 19.3. The molecule has 0 aliphatic carbocycles. The summed E-state index contributed by atoms with van der Waals surface area (Å²) >= 11 is 0. The van der Waals surface area contributed by atoms with Gasteiger partial charge in [0.1, 0.15) is 12.1 Å². The first-order chi connectivity index (χ1) is 17.1. The van der Waals surface area contributed by atoms with Gasteiger partial charge < -0.3 is 30.4 Å². The number of nitrogens with one attached hydrogen (secondary N) is 2. The summed E-state index contributed by atoms with van der Waals surface area (Å²) in [5.41, 5.74) is 6.09. The Morgan fingerprint density at radius 2 is 1.37 bits per heavy atom. The van der Waals surface area contributed by atoms with Crippen LogP contribution in [0.5, 0.6) is 0 Å². The molecule has 0 rings (SSSR count). The Hall–Kier alpha value is -3.88. The van der Waals surface area contributed by atoms with E-state index < -0.39 is 71.2 Å². The summed E-state index contributed by atoms with van der Waals surface area (Å²) in [6, 6.07) is -2.17. The lowest BCUT2D eigenvalue weighted by atomic mass is 10.1. The van der Waals surface area contributed by atoms with Crippen LogP contribution in [-0.2, 0) is 38.2 Å². The number of halogens is 4. The smallest absolute Gasteiger partial charge is 0.447 e. The number of esters is 2. The predicted octanol–water partition coefficient (Wildman–Crippen LogP) is 1.23. The zero-order chi connectivity index (χ0) is 30.5. The normalized spacial score (nSPS) is 11.9. The van der Waals surface area contributed by atoms with E-state index >= 15 is 0 Å². The second-order valence-corrected chi connectivity index (χ2v) is 8.25. The Morgan fingerprint density at radius 3 is 1.74 bits per heavy atom. The van der Waals surface area contributed by atoms with Gasteiger partial charge in [0.05, 0.1) is 13.2 Å². The number of ketones is 2. The molecule has 0 aromatic carbocycles. The molecular weight excluding hydrogens is 528 g/mol. The van der Waals surface area contributed by atoms with Gasteiger partial charge in [-0.1, -0.05) is 0 Å². The highest BCUT2D eigenvalue weighted by molar-refractivity contribution is 6.63. The highest BCUT2D eigenvalue weighted by Crippen LogP contribution is 2.16. The average Bonchev–Trinajstić information content (AvgIpc) is 2.74. The standard InChI is InChI=1S/C14H22F2N2O6.C7H8F2N2O3/c1-6-23-11(21)9(10(20)14(5,15)16)18-8(19)7-17-12(22)24-13(2,3)4;1-3-14-6(13)4(11-10)5(12)7(2,8)9/h9H,6-7H2,1-5H3,(H,17,22)(H,18,19);3H2,1-2H3. The quantitative estimate of drug-likeness (QED) is 0.0714. The van der Waals surface area contributed by atoms with Crippen molar-refractivity contribution in [1.82, 2.24) is 10.6 Å². The number of amides is 2. The van der Waals surface area contributed by atoms with Gasteiger partial charge in [-0.25, -0.2) is 14.4 Å². The van der Waals surface area contributed by atoms with E-state index in [1.165, 1.54) is 13.8 Å².